The molecule has 0 radical (unpaired) electrons. The molecule has 5 heteroatoms. The van der Waals surface area contributed by atoms with Crippen molar-refractivity contribution >= 4 is 5.69 Å². The zero-order chi connectivity index (χ0) is 10.8. The van der Waals surface area contributed by atoms with Crippen LogP contribution in [0.5, 0.6) is 11.5 Å². The highest BCUT2D eigenvalue weighted by Crippen LogP contribution is 2.34. The lowest BCUT2D eigenvalue weighted by Crippen LogP contribution is -1.97. The van der Waals surface area contributed by atoms with E-state index in [0.29, 0.717) is 13.3 Å². The average molecular weight is 218 g/mol. The molecule has 0 saturated heterocycles. The van der Waals surface area contributed by atoms with Crippen LogP contribution in [0.1, 0.15) is 5.76 Å². The van der Waals surface area contributed by atoms with Gasteiger partial charge in [-0.25, -0.2) is 4.98 Å². The highest BCUT2D eigenvalue weighted by Gasteiger charge is 2.12. The van der Waals surface area contributed by atoms with E-state index in [1.54, 1.807) is 6.20 Å². The first kappa shape index (κ1) is 9.08. The topological polar surface area (TPSA) is 56.5 Å². The van der Waals surface area contributed by atoms with Crippen LogP contribution in [0.25, 0.3) is 0 Å². The summed E-state index contributed by atoms with van der Waals surface area (Å²) in [5.41, 5.74) is 0.959. The minimum absolute atomic E-state index is 0.293. The summed E-state index contributed by atoms with van der Waals surface area (Å²) in [6, 6.07) is 5.72. The van der Waals surface area contributed by atoms with Gasteiger partial charge in [-0.15, -0.1) is 0 Å². The van der Waals surface area contributed by atoms with Crippen molar-refractivity contribution in [2.75, 3.05) is 12.1 Å². The van der Waals surface area contributed by atoms with E-state index in [9.17, 15) is 0 Å². The van der Waals surface area contributed by atoms with Crippen LogP contribution in [0, 0.1) is 0 Å². The second-order valence-electron chi connectivity index (χ2n) is 3.39. The Morgan fingerprint density at radius 3 is 3.06 bits per heavy atom. The van der Waals surface area contributed by atoms with Crippen molar-refractivity contribution < 1.29 is 13.9 Å². The van der Waals surface area contributed by atoms with E-state index in [4.69, 9.17) is 13.9 Å². The SMILES string of the molecule is c1ncc(CNc2ccc3c(c2)OCO3)o1. The average Bonchev–Trinajstić information content (AvgIpc) is 2.97. The van der Waals surface area contributed by atoms with Crippen LogP contribution < -0.4 is 14.8 Å². The first-order chi connectivity index (χ1) is 7.92. The van der Waals surface area contributed by atoms with E-state index in [1.807, 2.05) is 18.2 Å². The van der Waals surface area contributed by atoms with Gasteiger partial charge in [0, 0.05) is 11.8 Å². The third-order valence-electron chi connectivity index (χ3n) is 2.32. The Labute approximate surface area is 92.0 Å². The molecule has 0 amide bonds. The van der Waals surface area contributed by atoms with Crippen molar-refractivity contribution in [3.63, 3.8) is 0 Å². The van der Waals surface area contributed by atoms with Gasteiger partial charge >= 0.3 is 0 Å². The van der Waals surface area contributed by atoms with Gasteiger partial charge in [-0.3, -0.25) is 0 Å². The summed E-state index contributed by atoms with van der Waals surface area (Å²) in [6.45, 7) is 0.889. The number of fused-ring (bicyclic) bond motifs is 1. The molecule has 16 heavy (non-hydrogen) atoms. The summed E-state index contributed by atoms with van der Waals surface area (Å²) < 4.78 is 15.6. The number of nitrogens with one attached hydrogen (secondary N) is 1. The van der Waals surface area contributed by atoms with E-state index in [1.165, 1.54) is 6.39 Å². The van der Waals surface area contributed by atoms with Crippen molar-refractivity contribution in [1.82, 2.24) is 4.98 Å². The van der Waals surface area contributed by atoms with E-state index in [2.05, 4.69) is 10.3 Å². The number of nitrogens with zero attached hydrogens (tertiary/aromatic N) is 1. The Morgan fingerprint density at radius 1 is 1.25 bits per heavy atom. The summed E-state index contributed by atoms with van der Waals surface area (Å²) >= 11 is 0. The first-order valence-corrected chi connectivity index (χ1v) is 4.93. The van der Waals surface area contributed by atoms with Crippen molar-refractivity contribution in [3.8, 4) is 11.5 Å². The Kier molecular flexibility index (Phi) is 2.14. The van der Waals surface area contributed by atoms with Gasteiger partial charge in [-0.1, -0.05) is 0 Å². The van der Waals surface area contributed by atoms with E-state index >= 15 is 0 Å². The standard InChI is InChI=1S/C11H10N2O3/c1-2-10-11(16-7-15-10)3-8(1)13-5-9-4-12-6-14-9/h1-4,6,13H,5,7H2. The summed E-state index contributed by atoms with van der Waals surface area (Å²) in [5, 5.41) is 3.21. The first-order valence-electron chi connectivity index (χ1n) is 4.93. The van der Waals surface area contributed by atoms with Gasteiger partial charge in [-0.2, -0.15) is 0 Å². The summed E-state index contributed by atoms with van der Waals surface area (Å²) in [5.74, 6) is 2.34. The highest BCUT2D eigenvalue weighted by molar-refractivity contribution is 5.55. The quantitative estimate of drug-likeness (QED) is 0.854. The maximum absolute atomic E-state index is 5.28. The second-order valence-corrected chi connectivity index (χ2v) is 3.39. The maximum Gasteiger partial charge on any atom is 0.231 e. The molecular formula is C11H10N2O3. The van der Waals surface area contributed by atoms with Crippen LogP contribution in [0.15, 0.2) is 35.2 Å². The fourth-order valence-electron chi connectivity index (χ4n) is 1.53. The molecule has 0 fully saturated rings. The molecule has 3 rings (SSSR count). The van der Waals surface area contributed by atoms with Gasteiger partial charge in [0.25, 0.3) is 0 Å². The van der Waals surface area contributed by atoms with Crippen LogP contribution in [-0.4, -0.2) is 11.8 Å². The van der Waals surface area contributed by atoms with Gasteiger partial charge in [-0.05, 0) is 12.1 Å². The molecule has 0 bridgehead atoms. The molecular weight excluding hydrogens is 208 g/mol. The largest absolute Gasteiger partial charge is 0.454 e. The smallest absolute Gasteiger partial charge is 0.231 e. The van der Waals surface area contributed by atoms with E-state index < -0.39 is 0 Å². The normalized spacial score (nSPS) is 12.8. The van der Waals surface area contributed by atoms with Gasteiger partial charge in [0.1, 0.15) is 5.76 Å². The van der Waals surface area contributed by atoms with Gasteiger partial charge in [0.05, 0.1) is 12.7 Å². The van der Waals surface area contributed by atoms with Gasteiger partial charge < -0.3 is 19.2 Å². The minimum atomic E-state index is 0.293. The number of hydrogen-bond acceptors (Lipinski definition) is 5. The molecule has 5 nitrogen and oxygen atoms in total. The molecule has 2 heterocycles. The predicted octanol–water partition coefficient (Wildman–Crippen LogP) is 2.02. The number of benzene rings is 1. The Morgan fingerprint density at radius 2 is 2.19 bits per heavy atom. The van der Waals surface area contributed by atoms with Crippen molar-refractivity contribution in [2.45, 2.75) is 6.54 Å². The highest BCUT2D eigenvalue weighted by atomic mass is 16.7. The molecule has 0 spiro atoms. The molecule has 1 aromatic carbocycles. The van der Waals surface area contributed by atoms with Crippen molar-refractivity contribution in [1.29, 1.82) is 0 Å². The Bertz CT molecular complexity index is 482. The van der Waals surface area contributed by atoms with Gasteiger partial charge in [0.2, 0.25) is 6.79 Å². The van der Waals surface area contributed by atoms with Crippen molar-refractivity contribution in [2.24, 2.45) is 0 Å². The molecule has 1 aromatic heterocycles. The number of anilines is 1. The second kappa shape index (κ2) is 3.77. The number of hydrogen-bond donors (Lipinski definition) is 1. The minimum Gasteiger partial charge on any atom is -0.454 e. The maximum atomic E-state index is 5.28. The number of rotatable bonds is 3. The number of aromatic nitrogens is 1. The van der Waals surface area contributed by atoms with Crippen LogP contribution in [-0.2, 0) is 6.54 Å². The van der Waals surface area contributed by atoms with Crippen LogP contribution in [0.2, 0.25) is 0 Å². The molecule has 0 aliphatic carbocycles. The molecule has 0 saturated carbocycles. The summed E-state index contributed by atoms with van der Waals surface area (Å²) in [4.78, 5) is 3.84. The lowest BCUT2D eigenvalue weighted by Gasteiger charge is -2.04. The van der Waals surface area contributed by atoms with E-state index in [0.717, 1.165) is 22.9 Å². The summed E-state index contributed by atoms with van der Waals surface area (Å²) in [7, 11) is 0. The third kappa shape index (κ3) is 1.67. The molecule has 2 aromatic rings. The van der Waals surface area contributed by atoms with Gasteiger partial charge in [0.15, 0.2) is 17.9 Å². The van der Waals surface area contributed by atoms with Crippen molar-refractivity contribution in [3.05, 3.63) is 36.5 Å². The van der Waals surface area contributed by atoms with Crippen LogP contribution in [0.4, 0.5) is 5.69 Å². The predicted molar refractivity (Wildman–Crippen MR) is 56.4 cm³/mol. The lowest BCUT2D eigenvalue weighted by atomic mass is 10.3. The zero-order valence-electron chi connectivity index (χ0n) is 8.47. The number of ether oxygens (including phenoxy) is 2. The fourth-order valence-corrected chi connectivity index (χ4v) is 1.53. The number of oxazole rings is 1. The third-order valence-corrected chi connectivity index (χ3v) is 2.32. The molecule has 1 aliphatic rings. The van der Waals surface area contributed by atoms with Crippen LogP contribution >= 0.6 is 0 Å². The van der Waals surface area contributed by atoms with Crippen LogP contribution in [0.3, 0.4) is 0 Å². The lowest BCUT2D eigenvalue weighted by molar-refractivity contribution is 0.174. The molecule has 1 aliphatic heterocycles. The zero-order valence-corrected chi connectivity index (χ0v) is 8.47. The molecule has 0 unspecified atom stereocenters. The monoisotopic (exact) mass is 218 g/mol. The fraction of sp³-hybridized carbons (Fsp3) is 0.182. The van der Waals surface area contributed by atoms with E-state index in [-0.39, 0.29) is 0 Å². The molecule has 82 valence electrons. The summed E-state index contributed by atoms with van der Waals surface area (Å²) in [6.07, 6.45) is 3.09. The molecule has 0 atom stereocenters. The Balaban J connectivity index is 1.71. The molecule has 1 N–H and O–H groups in total. The Hall–Kier alpha value is -2.17.